The summed E-state index contributed by atoms with van der Waals surface area (Å²) in [5.74, 6) is 0.271. The van der Waals surface area contributed by atoms with Crippen LogP contribution in [-0.4, -0.2) is 39.9 Å². The summed E-state index contributed by atoms with van der Waals surface area (Å²) in [7, 11) is -0.214. The number of hydrogen-bond donors (Lipinski definition) is 0. The number of hydrogen-bond acceptors (Lipinski definition) is 3. The normalized spacial score (nSPS) is 14.2. The van der Waals surface area contributed by atoms with Crippen molar-refractivity contribution in [2.24, 2.45) is 0 Å². The summed E-state index contributed by atoms with van der Waals surface area (Å²) in [4.78, 5) is 14.0. The molecule has 0 saturated carbocycles. The van der Waals surface area contributed by atoms with E-state index in [1.807, 2.05) is 18.2 Å². The van der Waals surface area contributed by atoms with Gasteiger partial charge in [-0.25, -0.2) is 8.42 Å². The van der Waals surface area contributed by atoms with Gasteiger partial charge < -0.3 is 4.90 Å². The van der Waals surface area contributed by atoms with Crippen molar-refractivity contribution in [1.82, 2.24) is 4.90 Å². The van der Waals surface area contributed by atoms with E-state index in [1.165, 1.54) is 9.21 Å². The zero-order valence-electron chi connectivity index (χ0n) is 16.3. The van der Waals surface area contributed by atoms with Crippen LogP contribution in [0.3, 0.4) is 0 Å². The van der Waals surface area contributed by atoms with E-state index >= 15 is 0 Å². The Kier molecular flexibility index (Phi) is 5.29. The summed E-state index contributed by atoms with van der Waals surface area (Å²) in [5.41, 5.74) is 3.26. The van der Waals surface area contributed by atoms with Gasteiger partial charge in [-0.15, -0.1) is 0 Å². The minimum absolute atomic E-state index is 0.0814. The summed E-state index contributed by atoms with van der Waals surface area (Å²) < 4.78 is 27.9. The first-order valence-corrected chi connectivity index (χ1v) is 10.6. The summed E-state index contributed by atoms with van der Waals surface area (Å²) in [6.07, 6.45) is 1.50. The van der Waals surface area contributed by atoms with Crippen LogP contribution in [0, 0.1) is 0 Å². The largest absolute Gasteiger partial charge is 0.345 e. The summed E-state index contributed by atoms with van der Waals surface area (Å²) in [5, 5.41) is 0. The van der Waals surface area contributed by atoms with Gasteiger partial charge in [-0.3, -0.25) is 9.10 Å². The zero-order chi connectivity index (χ0) is 19.8. The predicted molar refractivity (Wildman–Crippen MR) is 108 cm³/mol. The molecule has 2 aromatic rings. The van der Waals surface area contributed by atoms with Gasteiger partial charge in [0.2, 0.25) is 0 Å². The van der Waals surface area contributed by atoms with Crippen molar-refractivity contribution in [3.63, 3.8) is 0 Å². The summed E-state index contributed by atoms with van der Waals surface area (Å²) >= 11 is 0. The predicted octanol–water partition coefficient (Wildman–Crippen LogP) is 3.65. The number of carbonyl (C=O) groups excluding carboxylic acids is 1. The van der Waals surface area contributed by atoms with E-state index < -0.39 is 10.0 Å². The highest BCUT2D eigenvalue weighted by molar-refractivity contribution is 7.92. The van der Waals surface area contributed by atoms with Crippen LogP contribution in [0.1, 0.15) is 47.7 Å². The quantitative estimate of drug-likeness (QED) is 0.806. The smallest absolute Gasteiger partial charge is 0.264 e. The minimum Gasteiger partial charge on any atom is -0.345 e. The molecule has 1 aliphatic heterocycles. The average molecular weight is 387 g/mol. The first kappa shape index (κ1) is 19.4. The van der Waals surface area contributed by atoms with Crippen LogP contribution in [0.15, 0.2) is 47.4 Å². The van der Waals surface area contributed by atoms with Crippen LogP contribution in [0.4, 0.5) is 5.69 Å². The number of anilines is 1. The van der Waals surface area contributed by atoms with E-state index in [1.54, 1.807) is 38.4 Å². The van der Waals surface area contributed by atoms with Gasteiger partial charge in [-0.2, -0.15) is 0 Å². The Morgan fingerprint density at radius 2 is 1.74 bits per heavy atom. The Morgan fingerprint density at radius 3 is 2.33 bits per heavy atom. The van der Waals surface area contributed by atoms with Crippen LogP contribution in [-0.2, 0) is 16.4 Å². The number of carbonyl (C=O) groups is 1. The van der Waals surface area contributed by atoms with Crippen LogP contribution < -0.4 is 4.31 Å². The van der Waals surface area contributed by atoms with Crippen molar-refractivity contribution in [3.05, 3.63) is 59.2 Å². The first-order chi connectivity index (χ1) is 12.7. The molecule has 5 nitrogen and oxygen atoms in total. The highest BCUT2D eigenvalue weighted by atomic mass is 32.2. The molecule has 144 valence electrons. The molecule has 0 unspecified atom stereocenters. The number of benzene rings is 2. The lowest BCUT2D eigenvalue weighted by molar-refractivity contribution is 0.0827. The van der Waals surface area contributed by atoms with Crippen molar-refractivity contribution in [2.45, 2.75) is 37.5 Å². The van der Waals surface area contributed by atoms with E-state index in [2.05, 4.69) is 13.8 Å². The molecule has 0 aromatic heterocycles. The molecule has 0 N–H and O–H groups in total. The summed E-state index contributed by atoms with van der Waals surface area (Å²) in [6, 6.07) is 12.4. The number of fused-ring (bicyclic) bond motifs is 1. The Bertz CT molecular complexity index is 948. The fraction of sp³-hybridized carbons (Fsp3) is 0.381. The van der Waals surface area contributed by atoms with Gasteiger partial charge in [0.1, 0.15) is 0 Å². The van der Waals surface area contributed by atoms with Crippen molar-refractivity contribution < 1.29 is 13.2 Å². The Labute approximate surface area is 161 Å². The number of rotatable bonds is 4. The lowest BCUT2D eigenvalue weighted by Gasteiger charge is -2.31. The molecule has 1 amide bonds. The monoisotopic (exact) mass is 386 g/mol. The molecule has 0 fully saturated rings. The molecule has 27 heavy (non-hydrogen) atoms. The van der Waals surface area contributed by atoms with Gasteiger partial charge in [-0.05, 0) is 60.2 Å². The maximum absolute atomic E-state index is 13.2. The van der Waals surface area contributed by atoms with Gasteiger partial charge >= 0.3 is 0 Å². The highest BCUT2D eigenvalue weighted by Crippen LogP contribution is 2.33. The average Bonchev–Trinajstić information content (AvgIpc) is 2.66. The van der Waals surface area contributed by atoms with E-state index in [0.29, 0.717) is 28.6 Å². The molecule has 0 bridgehead atoms. The molecule has 6 heteroatoms. The summed E-state index contributed by atoms with van der Waals surface area (Å²) in [6.45, 7) is 4.61. The Hall–Kier alpha value is -2.34. The maximum Gasteiger partial charge on any atom is 0.264 e. The molecular weight excluding hydrogens is 360 g/mol. The molecule has 0 radical (unpaired) electrons. The van der Waals surface area contributed by atoms with Gasteiger partial charge in [0.05, 0.1) is 10.6 Å². The third kappa shape index (κ3) is 3.72. The number of sulfonamides is 1. The molecule has 1 heterocycles. The maximum atomic E-state index is 13.2. The van der Waals surface area contributed by atoms with Crippen molar-refractivity contribution >= 4 is 21.6 Å². The van der Waals surface area contributed by atoms with Gasteiger partial charge in [0.25, 0.3) is 15.9 Å². The molecular formula is C21H26N2O3S. The Morgan fingerprint density at radius 1 is 1.07 bits per heavy atom. The zero-order valence-corrected chi connectivity index (χ0v) is 17.1. The molecule has 0 saturated heterocycles. The fourth-order valence-electron chi connectivity index (χ4n) is 3.36. The van der Waals surface area contributed by atoms with E-state index in [-0.39, 0.29) is 5.91 Å². The highest BCUT2D eigenvalue weighted by Gasteiger charge is 2.29. The lowest BCUT2D eigenvalue weighted by atomic mass is 10.0. The second-order valence-electron chi connectivity index (χ2n) is 7.45. The van der Waals surface area contributed by atoms with Crippen molar-refractivity contribution in [3.8, 4) is 0 Å². The van der Waals surface area contributed by atoms with Crippen molar-refractivity contribution in [1.29, 1.82) is 0 Å². The molecule has 0 spiro atoms. The Balaban J connectivity index is 1.98. The molecule has 3 rings (SSSR count). The van der Waals surface area contributed by atoms with Gasteiger partial charge in [-0.1, -0.05) is 26.0 Å². The van der Waals surface area contributed by atoms with Crippen LogP contribution in [0.5, 0.6) is 0 Å². The SMILES string of the molecule is CC(C)c1ccc(S(=O)(=O)N2CCCc3cc(C(=O)N(C)C)ccc32)cc1. The molecule has 1 aliphatic rings. The van der Waals surface area contributed by atoms with Gasteiger partial charge in [0.15, 0.2) is 0 Å². The van der Waals surface area contributed by atoms with Gasteiger partial charge in [0, 0.05) is 26.2 Å². The standard InChI is InChI=1S/C21H26N2O3S/c1-15(2)16-7-10-19(11-8-16)27(25,26)23-13-5-6-17-14-18(9-12-20(17)23)21(24)22(3)4/h7-12,14-15H,5-6,13H2,1-4H3. The second kappa shape index (κ2) is 7.35. The first-order valence-electron chi connectivity index (χ1n) is 9.19. The third-order valence-electron chi connectivity index (χ3n) is 4.94. The van der Waals surface area contributed by atoms with E-state index in [9.17, 15) is 13.2 Å². The lowest BCUT2D eigenvalue weighted by Crippen LogP contribution is -2.35. The molecule has 0 atom stereocenters. The number of amides is 1. The second-order valence-corrected chi connectivity index (χ2v) is 9.31. The number of aryl methyl sites for hydroxylation is 1. The molecule has 2 aromatic carbocycles. The van der Waals surface area contributed by atoms with E-state index in [0.717, 1.165) is 24.0 Å². The number of nitrogens with zero attached hydrogens (tertiary/aromatic N) is 2. The topological polar surface area (TPSA) is 57.7 Å². The molecule has 0 aliphatic carbocycles. The fourth-order valence-corrected chi connectivity index (χ4v) is 4.90. The van der Waals surface area contributed by atoms with Crippen molar-refractivity contribution in [2.75, 3.05) is 24.9 Å². The van der Waals surface area contributed by atoms with Crippen LogP contribution >= 0.6 is 0 Å². The minimum atomic E-state index is -3.63. The third-order valence-corrected chi connectivity index (χ3v) is 6.77. The van der Waals surface area contributed by atoms with Crippen LogP contribution in [0.25, 0.3) is 0 Å². The van der Waals surface area contributed by atoms with E-state index in [4.69, 9.17) is 0 Å². The van der Waals surface area contributed by atoms with Crippen LogP contribution in [0.2, 0.25) is 0 Å².